The first-order valence-electron chi connectivity index (χ1n) is 9.74. The third kappa shape index (κ3) is 6.00. The molecule has 0 saturated carbocycles. The Kier molecular flexibility index (Phi) is 6.67. The Morgan fingerprint density at radius 1 is 1.12 bits per heavy atom. The van der Waals surface area contributed by atoms with Gasteiger partial charge in [0.2, 0.25) is 0 Å². The summed E-state index contributed by atoms with van der Waals surface area (Å²) in [6.45, 7) is 5.66. The van der Waals surface area contributed by atoms with E-state index >= 15 is 0 Å². The number of carbonyl (C=O) groups excluding carboxylic acids is 1. The summed E-state index contributed by atoms with van der Waals surface area (Å²) < 4.78 is 25.1. The van der Waals surface area contributed by atoms with Crippen LogP contribution in [0, 0.1) is 15.9 Å². The number of halogens is 1. The molecule has 1 N–H and O–H groups in total. The second-order valence-electron chi connectivity index (χ2n) is 7.90. The Morgan fingerprint density at radius 2 is 1.84 bits per heavy atom. The Morgan fingerprint density at radius 3 is 2.47 bits per heavy atom. The number of nitrogens with zero attached hydrogens (tertiary/aromatic N) is 2. The first-order valence-corrected chi connectivity index (χ1v) is 9.74. The van der Waals surface area contributed by atoms with Crippen molar-refractivity contribution in [2.75, 3.05) is 0 Å². The van der Waals surface area contributed by atoms with Gasteiger partial charge in [-0.15, -0.1) is 0 Å². The molecule has 1 amide bonds. The molecule has 0 aliphatic rings. The van der Waals surface area contributed by atoms with Gasteiger partial charge in [-0.25, -0.2) is 9.18 Å². The minimum absolute atomic E-state index is 0.138. The molecule has 0 unspecified atom stereocenters. The summed E-state index contributed by atoms with van der Waals surface area (Å²) in [6.07, 6.45) is 2.57. The van der Waals surface area contributed by atoms with Crippen molar-refractivity contribution >= 4 is 11.8 Å². The molecule has 9 heteroatoms. The number of hydrogen-bond acceptors (Lipinski definition) is 6. The molecule has 1 aromatic heterocycles. The fraction of sp³-hybridized carbons (Fsp3) is 0.217. The molecule has 0 bridgehead atoms. The average Bonchev–Trinajstić information content (AvgIpc) is 2.73. The van der Waals surface area contributed by atoms with Gasteiger partial charge in [0.15, 0.2) is 11.6 Å². The molecule has 0 fully saturated rings. The van der Waals surface area contributed by atoms with E-state index in [0.29, 0.717) is 17.9 Å². The highest BCUT2D eigenvalue weighted by molar-refractivity contribution is 5.70. The Bertz CT molecular complexity index is 1130. The minimum atomic E-state index is -0.842. The molecule has 1 heterocycles. The number of alkyl carbamates (subject to hydrolysis) is 1. The lowest BCUT2D eigenvalue weighted by molar-refractivity contribution is -0.385. The van der Waals surface area contributed by atoms with Crippen LogP contribution in [0.15, 0.2) is 60.9 Å². The Balaban J connectivity index is 1.74. The molecule has 0 aliphatic carbocycles. The lowest BCUT2D eigenvalue weighted by Crippen LogP contribution is -2.32. The van der Waals surface area contributed by atoms with Crippen LogP contribution in [-0.4, -0.2) is 21.6 Å². The number of non-ortho nitro benzene ring substituents is 1. The van der Waals surface area contributed by atoms with Crippen LogP contribution in [-0.2, 0) is 11.3 Å². The molecule has 0 saturated heterocycles. The van der Waals surface area contributed by atoms with Crippen molar-refractivity contribution in [1.29, 1.82) is 0 Å². The summed E-state index contributed by atoms with van der Waals surface area (Å²) >= 11 is 0. The van der Waals surface area contributed by atoms with Crippen molar-refractivity contribution in [2.24, 2.45) is 0 Å². The van der Waals surface area contributed by atoms with E-state index in [1.165, 1.54) is 18.3 Å². The number of benzene rings is 2. The smallest absolute Gasteiger partial charge is 0.407 e. The highest BCUT2D eigenvalue weighted by Crippen LogP contribution is 2.34. The van der Waals surface area contributed by atoms with Gasteiger partial charge in [0.05, 0.1) is 11.0 Å². The number of carbonyl (C=O) groups is 1. The van der Waals surface area contributed by atoms with Gasteiger partial charge in [-0.3, -0.25) is 15.1 Å². The second kappa shape index (κ2) is 9.42. The third-order valence-electron chi connectivity index (χ3n) is 4.23. The van der Waals surface area contributed by atoms with Gasteiger partial charge in [0.25, 0.3) is 5.69 Å². The van der Waals surface area contributed by atoms with Crippen LogP contribution in [0.5, 0.6) is 11.5 Å². The van der Waals surface area contributed by atoms with Crippen molar-refractivity contribution < 1.29 is 23.6 Å². The maximum Gasteiger partial charge on any atom is 0.407 e. The standard InChI is InChI=1S/C23H22FN3O5/c1-23(2,3)32-22(28)26-13-15-4-6-16(7-5-15)18-14-25-11-10-20(18)31-21-9-8-17(27(29)30)12-19(21)24/h4-12,14H,13H2,1-3H3,(H,26,28). The van der Waals surface area contributed by atoms with Crippen LogP contribution in [0.25, 0.3) is 11.1 Å². The first-order chi connectivity index (χ1) is 15.1. The van der Waals surface area contributed by atoms with Crippen molar-refractivity contribution in [3.63, 3.8) is 0 Å². The molecule has 0 aliphatic heterocycles. The van der Waals surface area contributed by atoms with Gasteiger partial charge in [-0.1, -0.05) is 24.3 Å². The number of nitro groups is 1. The van der Waals surface area contributed by atoms with E-state index in [2.05, 4.69) is 10.3 Å². The predicted molar refractivity (Wildman–Crippen MR) is 116 cm³/mol. The van der Waals surface area contributed by atoms with E-state index in [1.807, 2.05) is 24.3 Å². The lowest BCUT2D eigenvalue weighted by atomic mass is 10.0. The third-order valence-corrected chi connectivity index (χ3v) is 4.23. The lowest BCUT2D eigenvalue weighted by Gasteiger charge is -2.19. The van der Waals surface area contributed by atoms with Crippen LogP contribution in [0.1, 0.15) is 26.3 Å². The van der Waals surface area contributed by atoms with E-state index in [0.717, 1.165) is 17.2 Å². The number of nitro benzene ring substituents is 1. The highest BCUT2D eigenvalue weighted by Gasteiger charge is 2.16. The molecule has 8 nitrogen and oxygen atoms in total. The number of pyridine rings is 1. The average molecular weight is 439 g/mol. The van der Waals surface area contributed by atoms with Crippen molar-refractivity contribution in [3.8, 4) is 22.6 Å². The largest absolute Gasteiger partial charge is 0.454 e. The van der Waals surface area contributed by atoms with Gasteiger partial charge in [-0.2, -0.15) is 0 Å². The molecule has 0 spiro atoms. The molecule has 2 aromatic carbocycles. The Labute approximate surface area is 184 Å². The summed E-state index contributed by atoms with van der Waals surface area (Å²) in [5, 5.41) is 13.5. The zero-order chi connectivity index (χ0) is 23.3. The van der Waals surface area contributed by atoms with E-state index < -0.39 is 22.4 Å². The maximum absolute atomic E-state index is 14.2. The normalized spacial score (nSPS) is 11.0. The van der Waals surface area contributed by atoms with E-state index in [9.17, 15) is 19.3 Å². The number of rotatable bonds is 6. The summed E-state index contributed by atoms with van der Waals surface area (Å²) in [5.74, 6) is -0.640. The fourth-order valence-corrected chi connectivity index (χ4v) is 2.78. The zero-order valence-electron chi connectivity index (χ0n) is 17.8. The first kappa shape index (κ1) is 22.7. The number of amides is 1. The zero-order valence-corrected chi connectivity index (χ0v) is 17.8. The summed E-state index contributed by atoms with van der Waals surface area (Å²) in [7, 11) is 0. The number of ether oxygens (including phenoxy) is 2. The van der Waals surface area contributed by atoms with Gasteiger partial charge in [0, 0.05) is 30.6 Å². The van der Waals surface area contributed by atoms with Crippen LogP contribution >= 0.6 is 0 Å². The van der Waals surface area contributed by atoms with Crippen LogP contribution in [0.2, 0.25) is 0 Å². The molecular weight excluding hydrogens is 417 g/mol. The molecule has 0 atom stereocenters. The van der Waals surface area contributed by atoms with Crippen molar-refractivity contribution in [1.82, 2.24) is 10.3 Å². The number of aromatic nitrogens is 1. The summed E-state index contributed by atoms with van der Waals surface area (Å²) in [5.41, 5.74) is 1.29. The minimum Gasteiger partial charge on any atom is -0.454 e. The van der Waals surface area contributed by atoms with E-state index in [-0.39, 0.29) is 11.4 Å². The molecule has 3 aromatic rings. The molecule has 32 heavy (non-hydrogen) atoms. The molecule has 0 radical (unpaired) electrons. The second-order valence-corrected chi connectivity index (χ2v) is 7.90. The Hall–Kier alpha value is -4.01. The molecule has 166 valence electrons. The van der Waals surface area contributed by atoms with Crippen molar-refractivity contribution in [3.05, 3.63) is 82.4 Å². The van der Waals surface area contributed by atoms with E-state index in [1.54, 1.807) is 33.0 Å². The highest BCUT2D eigenvalue weighted by atomic mass is 19.1. The van der Waals surface area contributed by atoms with E-state index in [4.69, 9.17) is 9.47 Å². The number of hydrogen-bond donors (Lipinski definition) is 1. The van der Waals surface area contributed by atoms with Crippen LogP contribution in [0.4, 0.5) is 14.9 Å². The van der Waals surface area contributed by atoms with Crippen LogP contribution in [0.3, 0.4) is 0 Å². The predicted octanol–water partition coefficient (Wildman–Crippen LogP) is 5.61. The topological polar surface area (TPSA) is 104 Å². The van der Waals surface area contributed by atoms with Gasteiger partial charge in [-0.05, 0) is 44.0 Å². The monoisotopic (exact) mass is 439 g/mol. The van der Waals surface area contributed by atoms with Gasteiger partial charge in [0.1, 0.15) is 11.4 Å². The fourth-order valence-electron chi connectivity index (χ4n) is 2.78. The van der Waals surface area contributed by atoms with Crippen molar-refractivity contribution in [2.45, 2.75) is 32.9 Å². The maximum atomic E-state index is 14.2. The quantitative estimate of drug-likeness (QED) is 0.395. The summed E-state index contributed by atoms with van der Waals surface area (Å²) in [4.78, 5) is 26.0. The number of nitrogens with one attached hydrogen (secondary N) is 1. The van der Waals surface area contributed by atoms with Crippen LogP contribution < -0.4 is 10.1 Å². The molecule has 3 rings (SSSR count). The summed E-state index contributed by atoms with van der Waals surface area (Å²) in [6, 6.07) is 12.1. The van der Waals surface area contributed by atoms with Gasteiger partial charge < -0.3 is 14.8 Å². The SMILES string of the molecule is CC(C)(C)OC(=O)NCc1ccc(-c2cnccc2Oc2ccc([N+](=O)[O-])cc2F)cc1. The van der Waals surface area contributed by atoms with Gasteiger partial charge >= 0.3 is 6.09 Å². The molecular formula is C23H22FN3O5.